The Morgan fingerprint density at radius 3 is 2.28 bits per heavy atom. The number of aromatic nitrogens is 2. The second kappa shape index (κ2) is 10.1. The molecule has 8 nitrogen and oxygen atoms in total. The number of carbonyl (C=O) groups excluding carboxylic acids is 3. The maximum atomic E-state index is 13.0. The Morgan fingerprint density at radius 1 is 0.917 bits per heavy atom. The van der Waals surface area contributed by atoms with E-state index < -0.39 is 0 Å². The first kappa shape index (κ1) is 23.4. The topological polar surface area (TPSA) is 93.5 Å². The number of nitrogens with one attached hydrogen (secondary N) is 1. The van der Waals surface area contributed by atoms with Crippen molar-refractivity contribution in [1.29, 1.82) is 0 Å². The molecule has 0 unspecified atom stereocenters. The van der Waals surface area contributed by atoms with Crippen LogP contribution in [0.1, 0.15) is 50.0 Å². The molecule has 0 radical (unpaired) electrons. The number of amides is 3. The molecule has 0 atom stereocenters. The molecule has 0 spiro atoms. The number of benzene rings is 3. The average molecular weight is 483 g/mol. The molecule has 36 heavy (non-hydrogen) atoms. The highest BCUT2D eigenvalue weighted by atomic mass is 16.5. The molecular formula is C28H26N4O4. The highest BCUT2D eigenvalue weighted by Gasteiger charge is 2.34. The maximum Gasteiger partial charge on any atom is 0.261 e. The minimum Gasteiger partial charge on any atom is -0.382 e. The Bertz CT molecular complexity index is 1410. The van der Waals surface area contributed by atoms with E-state index in [0.29, 0.717) is 42.4 Å². The Kier molecular flexibility index (Phi) is 6.60. The molecule has 1 aromatic heterocycles. The third kappa shape index (κ3) is 4.50. The van der Waals surface area contributed by atoms with E-state index in [0.717, 1.165) is 23.0 Å². The van der Waals surface area contributed by atoms with Crippen LogP contribution in [0, 0.1) is 0 Å². The standard InChI is InChI=1S/C28H26N4O4/c1-2-36-17-7-16-31-24-11-6-5-10-23(24)29-28(31)30-25(33)20-14-12-19(13-15-20)18-32-26(34)21-8-3-4-9-22(21)27(32)35/h3-6,8-15H,2,7,16-18H2,1H3,(H,29,30,33). The van der Waals surface area contributed by atoms with E-state index in [1.165, 1.54) is 4.90 Å². The molecule has 182 valence electrons. The highest BCUT2D eigenvalue weighted by molar-refractivity contribution is 6.21. The Balaban J connectivity index is 1.29. The molecule has 3 amide bonds. The highest BCUT2D eigenvalue weighted by Crippen LogP contribution is 2.25. The van der Waals surface area contributed by atoms with Gasteiger partial charge in [-0.1, -0.05) is 36.4 Å². The Morgan fingerprint density at radius 2 is 1.58 bits per heavy atom. The largest absolute Gasteiger partial charge is 0.382 e. The van der Waals surface area contributed by atoms with E-state index in [1.807, 2.05) is 35.8 Å². The molecule has 0 saturated carbocycles. The van der Waals surface area contributed by atoms with Crippen molar-refractivity contribution in [3.63, 3.8) is 0 Å². The number of fused-ring (bicyclic) bond motifs is 2. The van der Waals surface area contributed by atoms with Gasteiger partial charge in [0.05, 0.1) is 28.7 Å². The third-order valence-electron chi connectivity index (χ3n) is 6.19. The lowest BCUT2D eigenvalue weighted by atomic mass is 10.1. The Hall–Kier alpha value is -4.30. The lowest BCUT2D eigenvalue weighted by Gasteiger charge is -2.14. The zero-order valence-corrected chi connectivity index (χ0v) is 19.9. The molecule has 0 aliphatic carbocycles. The zero-order chi connectivity index (χ0) is 25.1. The summed E-state index contributed by atoms with van der Waals surface area (Å²) in [5, 5.41) is 2.93. The first-order chi connectivity index (χ1) is 17.6. The van der Waals surface area contributed by atoms with Crippen molar-refractivity contribution in [2.24, 2.45) is 0 Å². The molecule has 3 aromatic carbocycles. The molecule has 5 rings (SSSR count). The van der Waals surface area contributed by atoms with E-state index >= 15 is 0 Å². The zero-order valence-electron chi connectivity index (χ0n) is 19.9. The fraction of sp³-hybridized carbons (Fsp3) is 0.214. The predicted octanol–water partition coefficient (Wildman–Crippen LogP) is 4.51. The van der Waals surface area contributed by atoms with Gasteiger partial charge < -0.3 is 9.30 Å². The van der Waals surface area contributed by atoms with Gasteiger partial charge in [0.15, 0.2) is 0 Å². The van der Waals surface area contributed by atoms with Crippen LogP contribution in [0.25, 0.3) is 11.0 Å². The van der Waals surface area contributed by atoms with Gasteiger partial charge in [0.25, 0.3) is 17.7 Å². The van der Waals surface area contributed by atoms with Crippen molar-refractivity contribution in [1.82, 2.24) is 14.5 Å². The number of imidazole rings is 1. The molecule has 1 aliphatic rings. The summed E-state index contributed by atoms with van der Waals surface area (Å²) in [6.07, 6.45) is 0.795. The van der Waals surface area contributed by atoms with E-state index in [-0.39, 0.29) is 24.3 Å². The summed E-state index contributed by atoms with van der Waals surface area (Å²) in [4.78, 5) is 44.1. The summed E-state index contributed by atoms with van der Waals surface area (Å²) in [5.74, 6) is -0.419. The fourth-order valence-electron chi connectivity index (χ4n) is 4.37. The van der Waals surface area contributed by atoms with E-state index in [9.17, 15) is 14.4 Å². The molecule has 0 fully saturated rings. The van der Waals surface area contributed by atoms with Crippen LogP contribution in [0.2, 0.25) is 0 Å². The van der Waals surface area contributed by atoms with E-state index in [2.05, 4.69) is 10.3 Å². The molecule has 1 N–H and O–H groups in total. The fourth-order valence-corrected chi connectivity index (χ4v) is 4.37. The summed E-state index contributed by atoms with van der Waals surface area (Å²) < 4.78 is 7.45. The van der Waals surface area contributed by atoms with Crippen LogP contribution in [-0.2, 0) is 17.8 Å². The lowest BCUT2D eigenvalue weighted by Crippen LogP contribution is -2.29. The second-order valence-electron chi connectivity index (χ2n) is 8.52. The molecule has 4 aromatic rings. The number of rotatable bonds is 9. The van der Waals surface area contributed by atoms with Crippen molar-refractivity contribution in [2.75, 3.05) is 18.5 Å². The summed E-state index contributed by atoms with van der Waals surface area (Å²) in [6, 6.07) is 21.4. The number of hydrogen-bond donors (Lipinski definition) is 1. The third-order valence-corrected chi connectivity index (χ3v) is 6.19. The van der Waals surface area contributed by atoms with Crippen molar-refractivity contribution in [3.8, 4) is 0 Å². The summed E-state index contributed by atoms with van der Waals surface area (Å²) >= 11 is 0. The molecule has 1 aliphatic heterocycles. The van der Waals surface area contributed by atoms with Gasteiger partial charge in [0.2, 0.25) is 5.95 Å². The van der Waals surface area contributed by atoms with Crippen LogP contribution in [0.4, 0.5) is 5.95 Å². The number of hydrogen-bond acceptors (Lipinski definition) is 5. The molecule has 0 saturated heterocycles. The minimum absolute atomic E-state index is 0.143. The smallest absolute Gasteiger partial charge is 0.261 e. The van der Waals surface area contributed by atoms with Crippen molar-refractivity contribution in [2.45, 2.75) is 26.4 Å². The van der Waals surface area contributed by atoms with Crippen LogP contribution in [0.5, 0.6) is 0 Å². The lowest BCUT2D eigenvalue weighted by molar-refractivity contribution is 0.0642. The number of anilines is 1. The van der Waals surface area contributed by atoms with Crippen LogP contribution in [-0.4, -0.2) is 45.4 Å². The number of para-hydroxylation sites is 2. The van der Waals surface area contributed by atoms with Gasteiger partial charge in [0, 0.05) is 25.3 Å². The maximum absolute atomic E-state index is 13.0. The quantitative estimate of drug-likeness (QED) is 0.280. The monoisotopic (exact) mass is 482 g/mol. The predicted molar refractivity (Wildman–Crippen MR) is 136 cm³/mol. The van der Waals surface area contributed by atoms with Crippen LogP contribution < -0.4 is 5.32 Å². The molecule has 2 heterocycles. The van der Waals surface area contributed by atoms with Gasteiger partial charge in [-0.2, -0.15) is 0 Å². The molecular weight excluding hydrogens is 456 g/mol. The minimum atomic E-state index is -0.305. The van der Waals surface area contributed by atoms with Gasteiger partial charge in [-0.3, -0.25) is 24.6 Å². The molecule has 8 heteroatoms. The summed E-state index contributed by atoms with van der Waals surface area (Å²) in [6.45, 7) is 4.06. The normalized spacial score (nSPS) is 12.9. The van der Waals surface area contributed by atoms with Crippen molar-refractivity contribution in [3.05, 3.63) is 95.1 Å². The van der Waals surface area contributed by atoms with E-state index in [1.54, 1.807) is 48.5 Å². The van der Waals surface area contributed by atoms with Crippen LogP contribution >= 0.6 is 0 Å². The van der Waals surface area contributed by atoms with Crippen LogP contribution in [0.3, 0.4) is 0 Å². The first-order valence-corrected chi connectivity index (χ1v) is 12.0. The second-order valence-corrected chi connectivity index (χ2v) is 8.52. The van der Waals surface area contributed by atoms with Gasteiger partial charge in [0.1, 0.15) is 0 Å². The molecule has 0 bridgehead atoms. The van der Waals surface area contributed by atoms with Crippen molar-refractivity contribution >= 4 is 34.7 Å². The van der Waals surface area contributed by atoms with Gasteiger partial charge >= 0.3 is 0 Å². The van der Waals surface area contributed by atoms with Gasteiger partial charge in [-0.15, -0.1) is 0 Å². The first-order valence-electron chi connectivity index (χ1n) is 12.0. The van der Waals surface area contributed by atoms with Crippen molar-refractivity contribution < 1.29 is 19.1 Å². The van der Waals surface area contributed by atoms with E-state index in [4.69, 9.17) is 4.74 Å². The Labute approximate surface area is 208 Å². The van der Waals surface area contributed by atoms with Crippen LogP contribution in [0.15, 0.2) is 72.8 Å². The summed E-state index contributed by atoms with van der Waals surface area (Å²) in [5.41, 5.74) is 3.80. The summed E-state index contributed by atoms with van der Waals surface area (Å²) in [7, 11) is 0. The van der Waals surface area contributed by atoms with Gasteiger partial charge in [-0.25, -0.2) is 4.98 Å². The average Bonchev–Trinajstić information content (AvgIpc) is 3.37. The number of carbonyl (C=O) groups is 3. The number of imide groups is 1. The van der Waals surface area contributed by atoms with Gasteiger partial charge in [-0.05, 0) is 55.3 Å². The SMILES string of the molecule is CCOCCCn1c(NC(=O)c2ccc(CN3C(=O)c4ccccc4C3=O)cc2)nc2ccccc21. The number of aryl methyl sites for hydroxylation is 1. The number of ether oxygens (including phenoxy) is 1. The number of nitrogens with zero attached hydrogens (tertiary/aromatic N) is 3.